The van der Waals surface area contributed by atoms with E-state index in [1.807, 2.05) is 35.9 Å². The van der Waals surface area contributed by atoms with E-state index in [9.17, 15) is 9.18 Å². The number of halogens is 2. The third kappa shape index (κ3) is 2.82. The van der Waals surface area contributed by atoms with Gasteiger partial charge in [-0.2, -0.15) is 4.99 Å². The molecule has 0 N–H and O–H groups in total. The van der Waals surface area contributed by atoms with Crippen molar-refractivity contribution in [1.29, 1.82) is 0 Å². The second kappa shape index (κ2) is 6.02. The molecule has 2 aromatic carbocycles. The summed E-state index contributed by atoms with van der Waals surface area (Å²) in [4.78, 5) is 16.8. The second-order valence-electron chi connectivity index (χ2n) is 4.79. The Labute approximate surface area is 135 Å². The monoisotopic (exact) mass is 334 g/mol. The highest BCUT2D eigenvalue weighted by Gasteiger charge is 2.12. The van der Waals surface area contributed by atoms with Crippen LogP contribution < -0.4 is 4.80 Å². The summed E-state index contributed by atoms with van der Waals surface area (Å²) in [6.45, 7) is 0. The van der Waals surface area contributed by atoms with Crippen LogP contribution in [0, 0.1) is 5.82 Å². The number of aryl methyl sites for hydroxylation is 1. The molecule has 1 aromatic heterocycles. The highest BCUT2D eigenvalue weighted by atomic mass is 35.5. The number of carbonyl (C=O) groups excluding carboxylic acids is 1. The van der Waals surface area contributed by atoms with Crippen LogP contribution in [0.25, 0.3) is 10.2 Å². The molecule has 0 radical (unpaired) electrons. The first-order valence-electron chi connectivity index (χ1n) is 6.61. The first-order valence-corrected chi connectivity index (χ1v) is 7.80. The van der Waals surface area contributed by atoms with E-state index in [0.29, 0.717) is 4.80 Å². The molecule has 0 unspecified atom stereocenters. The average molecular weight is 335 g/mol. The van der Waals surface area contributed by atoms with Crippen molar-refractivity contribution >= 4 is 39.1 Å². The molecule has 3 nitrogen and oxygen atoms in total. The van der Waals surface area contributed by atoms with Crippen molar-refractivity contribution in [3.05, 3.63) is 63.7 Å². The number of nitrogens with zero attached hydrogens (tertiary/aromatic N) is 2. The molecule has 1 heterocycles. The summed E-state index contributed by atoms with van der Waals surface area (Å²) < 4.78 is 16.6. The van der Waals surface area contributed by atoms with Gasteiger partial charge in [0.2, 0.25) is 0 Å². The number of fused-ring (bicyclic) bond motifs is 1. The fraction of sp³-hybridized carbons (Fsp3) is 0.125. The fourth-order valence-electron chi connectivity index (χ4n) is 2.19. The smallest absolute Gasteiger partial charge is 0.252 e. The number of hydrogen-bond donors (Lipinski definition) is 0. The van der Waals surface area contributed by atoms with Gasteiger partial charge in [0, 0.05) is 17.6 Å². The lowest BCUT2D eigenvalue weighted by atomic mass is 10.1. The van der Waals surface area contributed by atoms with E-state index in [1.54, 1.807) is 6.07 Å². The highest BCUT2D eigenvalue weighted by molar-refractivity contribution is 7.16. The molecule has 0 bridgehead atoms. The molecule has 6 heteroatoms. The minimum absolute atomic E-state index is 0.153. The quantitative estimate of drug-likeness (QED) is 0.703. The van der Waals surface area contributed by atoms with Crippen molar-refractivity contribution in [1.82, 2.24) is 4.57 Å². The van der Waals surface area contributed by atoms with Gasteiger partial charge in [-0.05, 0) is 24.3 Å². The van der Waals surface area contributed by atoms with E-state index >= 15 is 0 Å². The number of benzene rings is 2. The van der Waals surface area contributed by atoms with Gasteiger partial charge in [-0.15, -0.1) is 0 Å². The van der Waals surface area contributed by atoms with Gasteiger partial charge < -0.3 is 4.57 Å². The number of aromatic nitrogens is 1. The van der Waals surface area contributed by atoms with Crippen molar-refractivity contribution in [3.63, 3.8) is 0 Å². The number of para-hydroxylation sites is 1. The lowest BCUT2D eigenvalue weighted by Gasteiger charge is -2.02. The molecule has 3 rings (SSSR count). The highest BCUT2D eigenvalue weighted by Crippen LogP contribution is 2.20. The first-order chi connectivity index (χ1) is 10.6. The third-order valence-corrected chi connectivity index (χ3v) is 4.79. The van der Waals surface area contributed by atoms with Gasteiger partial charge in [0.05, 0.1) is 16.6 Å². The molecule has 0 saturated carbocycles. The van der Waals surface area contributed by atoms with Crippen LogP contribution in [0.5, 0.6) is 0 Å². The van der Waals surface area contributed by atoms with Crippen LogP contribution >= 0.6 is 22.9 Å². The molecule has 0 aliphatic heterocycles. The van der Waals surface area contributed by atoms with E-state index in [1.165, 1.54) is 23.5 Å². The topological polar surface area (TPSA) is 34.4 Å². The normalized spacial score (nSPS) is 12.0. The van der Waals surface area contributed by atoms with Gasteiger partial charge >= 0.3 is 0 Å². The van der Waals surface area contributed by atoms with Gasteiger partial charge in [0.1, 0.15) is 5.82 Å². The SMILES string of the molecule is Cn1c(=NC(=O)Cc2c(F)cccc2Cl)sc2ccccc21. The average Bonchev–Trinajstić information content (AvgIpc) is 2.80. The van der Waals surface area contributed by atoms with Crippen LogP contribution in [0.4, 0.5) is 4.39 Å². The number of amides is 1. The minimum Gasteiger partial charge on any atom is -0.319 e. The molecule has 0 aliphatic carbocycles. The molecule has 0 atom stereocenters. The Kier molecular flexibility index (Phi) is 4.09. The maximum Gasteiger partial charge on any atom is 0.252 e. The third-order valence-electron chi connectivity index (χ3n) is 3.32. The van der Waals surface area contributed by atoms with Gasteiger partial charge in [0.25, 0.3) is 5.91 Å². The first kappa shape index (κ1) is 14.9. The van der Waals surface area contributed by atoms with Crippen LogP contribution in [0.3, 0.4) is 0 Å². The molecule has 3 aromatic rings. The van der Waals surface area contributed by atoms with E-state index in [2.05, 4.69) is 4.99 Å². The fourth-order valence-corrected chi connectivity index (χ4v) is 3.45. The molecule has 0 fully saturated rings. The Hall–Kier alpha value is -1.98. The minimum atomic E-state index is -0.489. The molecule has 112 valence electrons. The molecule has 0 spiro atoms. The number of carbonyl (C=O) groups is 1. The van der Waals surface area contributed by atoms with Gasteiger partial charge in [-0.1, -0.05) is 41.1 Å². The lowest BCUT2D eigenvalue weighted by molar-refractivity contribution is -0.117. The summed E-state index contributed by atoms with van der Waals surface area (Å²) in [5, 5.41) is 0.240. The Morgan fingerprint density at radius 1 is 1.27 bits per heavy atom. The Bertz CT molecular complexity index is 909. The van der Waals surface area contributed by atoms with Crippen LogP contribution in [0.15, 0.2) is 47.5 Å². The second-order valence-corrected chi connectivity index (χ2v) is 6.21. The summed E-state index contributed by atoms with van der Waals surface area (Å²) in [6.07, 6.45) is -0.153. The lowest BCUT2D eigenvalue weighted by Crippen LogP contribution is -2.14. The summed E-state index contributed by atoms with van der Waals surface area (Å²) in [6, 6.07) is 12.2. The Morgan fingerprint density at radius 2 is 2.05 bits per heavy atom. The number of thiazole rings is 1. The van der Waals surface area contributed by atoms with E-state index in [0.717, 1.165) is 10.2 Å². The van der Waals surface area contributed by atoms with Crippen molar-refractivity contribution in [2.75, 3.05) is 0 Å². The predicted molar refractivity (Wildman–Crippen MR) is 86.5 cm³/mol. The molecular weight excluding hydrogens is 323 g/mol. The van der Waals surface area contributed by atoms with Crippen molar-refractivity contribution in [2.24, 2.45) is 12.0 Å². The zero-order chi connectivity index (χ0) is 15.7. The maximum absolute atomic E-state index is 13.7. The van der Waals surface area contributed by atoms with Crippen molar-refractivity contribution < 1.29 is 9.18 Å². The van der Waals surface area contributed by atoms with Gasteiger partial charge in [0.15, 0.2) is 4.80 Å². The summed E-state index contributed by atoms with van der Waals surface area (Å²) in [7, 11) is 1.85. The molecule has 22 heavy (non-hydrogen) atoms. The summed E-state index contributed by atoms with van der Waals surface area (Å²) >= 11 is 7.36. The van der Waals surface area contributed by atoms with Crippen LogP contribution in [-0.4, -0.2) is 10.5 Å². The standard InChI is InChI=1S/C16H12ClFN2OS/c1-20-13-7-2-3-8-14(13)22-16(20)19-15(21)9-10-11(17)5-4-6-12(10)18/h2-8H,9H2,1H3. The maximum atomic E-state index is 13.7. The van der Waals surface area contributed by atoms with Crippen LogP contribution in [-0.2, 0) is 18.3 Å². The van der Waals surface area contributed by atoms with Gasteiger partial charge in [-0.3, -0.25) is 4.79 Å². The Balaban J connectivity index is 1.97. The van der Waals surface area contributed by atoms with E-state index < -0.39 is 11.7 Å². The zero-order valence-corrected chi connectivity index (χ0v) is 13.3. The Morgan fingerprint density at radius 3 is 2.77 bits per heavy atom. The molecule has 0 aliphatic rings. The molecule has 1 amide bonds. The van der Waals surface area contributed by atoms with Crippen LogP contribution in [0.1, 0.15) is 5.56 Å². The largest absolute Gasteiger partial charge is 0.319 e. The van der Waals surface area contributed by atoms with Crippen molar-refractivity contribution in [3.8, 4) is 0 Å². The molecular formula is C16H12ClFN2OS. The van der Waals surface area contributed by atoms with E-state index in [-0.39, 0.29) is 17.0 Å². The number of rotatable bonds is 2. The summed E-state index contributed by atoms with van der Waals surface area (Å²) in [5.41, 5.74) is 1.18. The number of hydrogen-bond acceptors (Lipinski definition) is 2. The molecule has 0 saturated heterocycles. The van der Waals surface area contributed by atoms with E-state index in [4.69, 9.17) is 11.6 Å². The zero-order valence-electron chi connectivity index (χ0n) is 11.7. The predicted octanol–water partition coefficient (Wildman–Crippen LogP) is 3.70. The summed E-state index contributed by atoms with van der Waals surface area (Å²) in [5.74, 6) is -0.911. The van der Waals surface area contributed by atoms with Crippen LogP contribution in [0.2, 0.25) is 5.02 Å². The van der Waals surface area contributed by atoms with Crippen molar-refractivity contribution in [2.45, 2.75) is 6.42 Å². The van der Waals surface area contributed by atoms with Gasteiger partial charge in [-0.25, -0.2) is 4.39 Å².